The van der Waals surface area contributed by atoms with Crippen LogP contribution in [0.1, 0.15) is 11.1 Å². The molecule has 0 heterocycles. The molecule has 0 aliphatic carbocycles. The number of amides is 1. The molecule has 0 aromatic heterocycles. The fraction of sp³-hybridized carbons (Fsp3) is 0.118. The molecule has 2 N–H and O–H groups in total. The lowest BCUT2D eigenvalue weighted by atomic mass is 10.1. The minimum atomic E-state index is -4.65. The number of carbonyl (C=O) groups excluding carboxylic acids is 1. The van der Waals surface area contributed by atoms with Gasteiger partial charge in [-0.15, -0.1) is 0 Å². The smallest absolute Gasteiger partial charge is 0.321 e. The quantitative estimate of drug-likeness (QED) is 0.642. The van der Waals surface area contributed by atoms with Gasteiger partial charge in [0.05, 0.1) is 23.2 Å². The Hall–Kier alpha value is -2.33. The van der Waals surface area contributed by atoms with E-state index < -0.39 is 27.7 Å². The predicted molar refractivity (Wildman–Crippen MR) is 102 cm³/mol. The molecule has 0 aliphatic rings. The lowest BCUT2D eigenvalue weighted by Gasteiger charge is -2.14. The van der Waals surface area contributed by atoms with Gasteiger partial charge in [0.15, 0.2) is 0 Å². The Bertz CT molecular complexity index is 989. The lowest BCUT2D eigenvalue weighted by molar-refractivity contribution is -0.137. The van der Waals surface area contributed by atoms with Crippen LogP contribution in [-0.2, 0) is 21.0 Å². The zero-order valence-electron chi connectivity index (χ0n) is 13.8. The summed E-state index contributed by atoms with van der Waals surface area (Å²) >= 11 is 3.30. The molecular formula is C17H14BrF3N2O3S. The van der Waals surface area contributed by atoms with Crippen molar-refractivity contribution in [3.63, 3.8) is 0 Å². The molecule has 27 heavy (non-hydrogen) atoms. The number of hydrogen-bond donors (Lipinski definition) is 2. The first-order valence-electron chi connectivity index (χ1n) is 7.38. The zero-order valence-corrected chi connectivity index (χ0v) is 16.2. The van der Waals surface area contributed by atoms with E-state index in [1.54, 1.807) is 24.3 Å². The molecule has 0 atom stereocenters. The maximum Gasteiger partial charge on any atom is 0.416 e. The monoisotopic (exact) mass is 462 g/mol. The largest absolute Gasteiger partial charge is 0.416 e. The van der Waals surface area contributed by atoms with E-state index in [9.17, 15) is 26.4 Å². The molecule has 0 fully saturated rings. The van der Waals surface area contributed by atoms with Crippen molar-refractivity contribution in [2.45, 2.75) is 6.18 Å². The van der Waals surface area contributed by atoms with Crippen LogP contribution in [0.15, 0.2) is 53.0 Å². The summed E-state index contributed by atoms with van der Waals surface area (Å²) in [7, 11) is -3.75. The maximum absolute atomic E-state index is 12.9. The van der Waals surface area contributed by atoms with Crippen molar-refractivity contribution < 1.29 is 26.4 Å². The lowest BCUT2D eigenvalue weighted by Crippen LogP contribution is -2.16. The first-order valence-corrected chi connectivity index (χ1v) is 10.1. The average molecular weight is 463 g/mol. The van der Waals surface area contributed by atoms with Gasteiger partial charge in [0.2, 0.25) is 15.9 Å². The van der Waals surface area contributed by atoms with Crippen molar-refractivity contribution in [2.24, 2.45) is 0 Å². The zero-order chi connectivity index (χ0) is 20.2. The molecule has 0 saturated carbocycles. The summed E-state index contributed by atoms with van der Waals surface area (Å²) < 4.78 is 64.4. The molecule has 0 radical (unpaired) electrons. The molecule has 0 spiro atoms. The number of sulfonamides is 1. The van der Waals surface area contributed by atoms with Gasteiger partial charge < -0.3 is 5.32 Å². The molecule has 2 rings (SSSR count). The molecule has 10 heteroatoms. The van der Waals surface area contributed by atoms with Crippen LogP contribution < -0.4 is 10.0 Å². The van der Waals surface area contributed by atoms with Crippen LogP contribution in [0.3, 0.4) is 0 Å². The number of hydrogen-bond acceptors (Lipinski definition) is 3. The van der Waals surface area contributed by atoms with Gasteiger partial charge in [-0.2, -0.15) is 13.2 Å². The number of nitrogens with one attached hydrogen (secondary N) is 2. The SMILES string of the molecule is CS(=O)(=O)Nc1ccc(C(F)(F)F)cc1NC(=O)C=Cc1ccccc1Br. The molecule has 0 saturated heterocycles. The molecule has 1 amide bonds. The molecule has 2 aromatic rings. The van der Waals surface area contributed by atoms with E-state index in [0.29, 0.717) is 11.6 Å². The minimum Gasteiger partial charge on any atom is -0.321 e. The highest BCUT2D eigenvalue weighted by Gasteiger charge is 2.31. The number of rotatable bonds is 5. The number of halogens is 4. The summed E-state index contributed by atoms with van der Waals surface area (Å²) in [6.07, 6.45) is -1.20. The molecule has 0 aliphatic heterocycles. The van der Waals surface area contributed by atoms with Crippen molar-refractivity contribution in [3.8, 4) is 0 Å². The second-order valence-corrected chi connectivity index (χ2v) is 8.08. The third kappa shape index (κ3) is 6.40. The van der Waals surface area contributed by atoms with Gasteiger partial charge in [0, 0.05) is 10.5 Å². The van der Waals surface area contributed by atoms with Crippen molar-refractivity contribution in [2.75, 3.05) is 16.3 Å². The van der Waals surface area contributed by atoms with Gasteiger partial charge in [0.25, 0.3) is 0 Å². The fourth-order valence-corrected chi connectivity index (χ4v) is 3.06. The van der Waals surface area contributed by atoms with Crippen molar-refractivity contribution in [3.05, 3.63) is 64.1 Å². The first-order chi connectivity index (χ1) is 12.5. The molecular weight excluding hydrogens is 449 g/mol. The van der Waals surface area contributed by atoms with Gasteiger partial charge in [-0.25, -0.2) is 8.42 Å². The van der Waals surface area contributed by atoms with Crippen LogP contribution in [-0.4, -0.2) is 20.6 Å². The summed E-state index contributed by atoms with van der Waals surface area (Å²) in [5.74, 6) is -0.721. The van der Waals surface area contributed by atoms with E-state index >= 15 is 0 Å². The van der Waals surface area contributed by atoms with Crippen LogP contribution in [0.4, 0.5) is 24.5 Å². The second-order valence-electron chi connectivity index (χ2n) is 5.48. The van der Waals surface area contributed by atoms with Crippen molar-refractivity contribution in [1.29, 1.82) is 0 Å². The molecule has 0 unspecified atom stereocenters. The van der Waals surface area contributed by atoms with Crippen LogP contribution in [0, 0.1) is 0 Å². The van der Waals surface area contributed by atoms with Gasteiger partial charge in [0.1, 0.15) is 0 Å². The predicted octanol–water partition coefficient (Wildman–Crippen LogP) is 4.49. The third-order valence-corrected chi connectivity index (χ3v) is 4.53. The average Bonchev–Trinajstić information content (AvgIpc) is 2.53. The Morgan fingerprint density at radius 1 is 1.11 bits per heavy atom. The van der Waals surface area contributed by atoms with E-state index in [1.807, 2.05) is 0 Å². The highest BCUT2D eigenvalue weighted by Crippen LogP contribution is 2.34. The summed E-state index contributed by atoms with van der Waals surface area (Å²) in [6, 6.07) is 9.36. The molecule has 144 valence electrons. The number of alkyl halides is 3. The van der Waals surface area contributed by atoms with Crippen LogP contribution in [0.2, 0.25) is 0 Å². The van der Waals surface area contributed by atoms with Crippen molar-refractivity contribution >= 4 is 49.3 Å². The highest BCUT2D eigenvalue weighted by molar-refractivity contribution is 9.10. The van der Waals surface area contributed by atoms with E-state index in [1.165, 1.54) is 6.08 Å². The van der Waals surface area contributed by atoms with Gasteiger partial charge in [-0.3, -0.25) is 9.52 Å². The maximum atomic E-state index is 12.9. The van der Waals surface area contributed by atoms with E-state index in [4.69, 9.17) is 0 Å². The van der Waals surface area contributed by atoms with Gasteiger partial charge >= 0.3 is 6.18 Å². The van der Waals surface area contributed by atoms with E-state index in [-0.39, 0.29) is 11.4 Å². The first kappa shape index (κ1) is 21.0. The van der Waals surface area contributed by atoms with Crippen molar-refractivity contribution in [1.82, 2.24) is 0 Å². The van der Waals surface area contributed by atoms with Crippen LogP contribution >= 0.6 is 15.9 Å². The number of carbonyl (C=O) groups is 1. The molecule has 2 aromatic carbocycles. The van der Waals surface area contributed by atoms with Gasteiger partial charge in [-0.1, -0.05) is 34.1 Å². The normalized spacial score (nSPS) is 12.2. The highest BCUT2D eigenvalue weighted by atomic mass is 79.9. The number of benzene rings is 2. The summed E-state index contributed by atoms with van der Waals surface area (Å²) in [6.45, 7) is 0. The Balaban J connectivity index is 2.31. The Kier molecular flexibility index (Phi) is 6.32. The summed E-state index contributed by atoms with van der Waals surface area (Å²) in [5.41, 5.74) is -0.817. The Morgan fingerprint density at radius 3 is 2.37 bits per heavy atom. The second kappa shape index (κ2) is 8.13. The van der Waals surface area contributed by atoms with Crippen LogP contribution in [0.5, 0.6) is 0 Å². The standard InChI is InChI=1S/C17H14BrF3N2O3S/c1-27(25,26)23-14-8-7-12(17(19,20)21)10-15(14)22-16(24)9-6-11-4-2-3-5-13(11)18/h2-10,23H,1H3,(H,22,24). The van der Waals surface area contributed by atoms with E-state index in [2.05, 4.69) is 26.0 Å². The summed E-state index contributed by atoms with van der Waals surface area (Å²) in [5, 5.41) is 2.27. The van der Waals surface area contributed by atoms with Gasteiger partial charge in [-0.05, 0) is 35.9 Å². The van der Waals surface area contributed by atoms with Crippen LogP contribution in [0.25, 0.3) is 6.08 Å². The summed E-state index contributed by atoms with van der Waals surface area (Å²) in [4.78, 5) is 12.1. The third-order valence-electron chi connectivity index (χ3n) is 3.22. The number of anilines is 2. The Labute approximate surface area is 162 Å². The topological polar surface area (TPSA) is 75.3 Å². The fourth-order valence-electron chi connectivity index (χ4n) is 2.06. The Morgan fingerprint density at radius 2 is 1.78 bits per heavy atom. The molecule has 5 nitrogen and oxygen atoms in total. The molecule has 0 bridgehead atoms. The minimum absolute atomic E-state index is 0.173. The van der Waals surface area contributed by atoms with E-state index in [0.717, 1.165) is 28.9 Å².